The van der Waals surface area contributed by atoms with Crippen LogP contribution < -0.4 is 0 Å². The van der Waals surface area contributed by atoms with Gasteiger partial charge in [0.1, 0.15) is 0 Å². The smallest absolute Gasteiger partial charge is 0.0682 e. The van der Waals surface area contributed by atoms with Crippen molar-refractivity contribution in [1.29, 1.82) is 0 Å². The van der Waals surface area contributed by atoms with Crippen LogP contribution in [0.5, 0.6) is 0 Å². The van der Waals surface area contributed by atoms with E-state index in [9.17, 15) is 0 Å². The van der Waals surface area contributed by atoms with Crippen molar-refractivity contribution in [3.05, 3.63) is 17.0 Å². The lowest BCUT2D eigenvalue weighted by Crippen LogP contribution is -2.38. The van der Waals surface area contributed by atoms with Crippen LogP contribution in [0.2, 0.25) is 0 Å². The second-order valence-corrected chi connectivity index (χ2v) is 6.56. The highest BCUT2D eigenvalue weighted by molar-refractivity contribution is 5.26. The zero-order valence-electron chi connectivity index (χ0n) is 11.2. The Hall–Kier alpha value is -0.830. The third-order valence-electron chi connectivity index (χ3n) is 4.62. The second kappa shape index (κ2) is 3.84. The van der Waals surface area contributed by atoms with Crippen molar-refractivity contribution >= 4 is 0 Å². The molecule has 1 fully saturated rings. The number of H-pyrrole nitrogens is 1. The average molecular weight is 233 g/mol. The summed E-state index contributed by atoms with van der Waals surface area (Å²) in [6.07, 6.45) is 5.24. The van der Waals surface area contributed by atoms with Crippen molar-refractivity contribution in [2.45, 2.75) is 59.0 Å². The molecule has 0 aromatic carbocycles. The maximum absolute atomic E-state index is 4.39. The van der Waals surface area contributed by atoms with Gasteiger partial charge in [-0.2, -0.15) is 5.10 Å². The number of aromatic amines is 1. The Bertz CT molecular complexity index is 419. The second-order valence-electron chi connectivity index (χ2n) is 6.56. The van der Waals surface area contributed by atoms with E-state index in [2.05, 4.69) is 35.9 Å². The number of nitrogens with one attached hydrogen (secondary N) is 1. The van der Waals surface area contributed by atoms with Gasteiger partial charge in [-0.25, -0.2) is 0 Å². The molecular weight excluding hydrogens is 210 g/mol. The van der Waals surface area contributed by atoms with Gasteiger partial charge < -0.3 is 0 Å². The summed E-state index contributed by atoms with van der Waals surface area (Å²) in [6.45, 7) is 9.27. The molecule has 3 rings (SSSR count). The van der Waals surface area contributed by atoms with E-state index in [0.29, 0.717) is 5.41 Å². The van der Waals surface area contributed by atoms with E-state index in [1.165, 1.54) is 42.8 Å². The Balaban J connectivity index is 1.74. The van der Waals surface area contributed by atoms with Crippen LogP contribution in [0.4, 0.5) is 0 Å². The molecule has 2 aliphatic rings. The minimum atomic E-state index is 0.552. The highest BCUT2D eigenvalue weighted by atomic mass is 15.2. The molecular formula is C14H23N3. The van der Waals surface area contributed by atoms with Gasteiger partial charge in [-0.05, 0) is 31.6 Å². The predicted molar refractivity (Wildman–Crippen MR) is 68.9 cm³/mol. The van der Waals surface area contributed by atoms with Crippen molar-refractivity contribution in [2.75, 3.05) is 6.54 Å². The quantitative estimate of drug-likeness (QED) is 0.808. The summed E-state index contributed by atoms with van der Waals surface area (Å²) in [6, 6.07) is 0.799. The summed E-state index contributed by atoms with van der Waals surface area (Å²) >= 11 is 0. The van der Waals surface area contributed by atoms with Crippen LogP contribution in [0, 0.1) is 12.3 Å². The highest BCUT2D eigenvalue weighted by Gasteiger charge is 2.35. The van der Waals surface area contributed by atoms with Crippen molar-refractivity contribution < 1.29 is 0 Å². The fraction of sp³-hybridized carbons (Fsp3) is 0.786. The zero-order valence-corrected chi connectivity index (χ0v) is 11.2. The van der Waals surface area contributed by atoms with E-state index in [-0.39, 0.29) is 0 Å². The molecule has 0 saturated heterocycles. The Morgan fingerprint density at radius 3 is 2.94 bits per heavy atom. The van der Waals surface area contributed by atoms with Gasteiger partial charge in [0.25, 0.3) is 0 Å². The summed E-state index contributed by atoms with van der Waals surface area (Å²) < 4.78 is 0. The fourth-order valence-corrected chi connectivity index (χ4v) is 3.47. The van der Waals surface area contributed by atoms with Crippen LogP contribution in [0.25, 0.3) is 0 Å². The van der Waals surface area contributed by atoms with E-state index < -0.39 is 0 Å². The summed E-state index contributed by atoms with van der Waals surface area (Å²) in [5.74, 6) is 0. The molecule has 1 aliphatic carbocycles. The molecule has 1 atom stereocenters. The molecule has 1 aromatic heterocycles. The van der Waals surface area contributed by atoms with Crippen LogP contribution in [-0.2, 0) is 13.0 Å². The minimum absolute atomic E-state index is 0.552. The standard InChI is InChI=1S/C14H23N3/c1-10-12-9-17(7-5-13(12)16-15-10)11-4-6-14(2,3)8-11/h11H,4-9H2,1-3H3,(H,15,16). The summed E-state index contributed by atoms with van der Waals surface area (Å²) in [5, 5.41) is 7.52. The molecule has 0 spiro atoms. The molecule has 3 nitrogen and oxygen atoms in total. The lowest BCUT2D eigenvalue weighted by atomic mass is 9.91. The maximum atomic E-state index is 4.39. The number of aromatic nitrogens is 2. The predicted octanol–water partition coefficient (Wildman–Crippen LogP) is 2.65. The summed E-state index contributed by atoms with van der Waals surface area (Å²) in [7, 11) is 0. The van der Waals surface area contributed by atoms with Crippen molar-refractivity contribution in [2.24, 2.45) is 5.41 Å². The van der Waals surface area contributed by atoms with Crippen molar-refractivity contribution in [1.82, 2.24) is 15.1 Å². The normalized spacial score (nSPS) is 28.3. The highest BCUT2D eigenvalue weighted by Crippen LogP contribution is 2.40. The van der Waals surface area contributed by atoms with Gasteiger partial charge in [0.2, 0.25) is 0 Å². The van der Waals surface area contributed by atoms with Crippen LogP contribution in [0.1, 0.15) is 50.1 Å². The Kier molecular flexibility index (Phi) is 2.54. The molecule has 0 amide bonds. The van der Waals surface area contributed by atoms with Gasteiger partial charge >= 0.3 is 0 Å². The van der Waals surface area contributed by atoms with E-state index in [4.69, 9.17) is 0 Å². The third-order valence-corrected chi connectivity index (χ3v) is 4.62. The third kappa shape index (κ3) is 2.01. The largest absolute Gasteiger partial charge is 0.296 e. The van der Waals surface area contributed by atoms with Crippen LogP contribution in [-0.4, -0.2) is 27.7 Å². The maximum Gasteiger partial charge on any atom is 0.0682 e. The first kappa shape index (κ1) is 11.3. The molecule has 1 N–H and O–H groups in total. The topological polar surface area (TPSA) is 31.9 Å². The number of hydrogen-bond donors (Lipinski definition) is 1. The first-order valence-electron chi connectivity index (χ1n) is 6.82. The molecule has 3 heteroatoms. The van der Waals surface area contributed by atoms with Crippen LogP contribution >= 0.6 is 0 Å². The SMILES string of the molecule is Cc1[nH]nc2c1CN(C1CCC(C)(C)C1)CC2. The van der Waals surface area contributed by atoms with Gasteiger partial charge in [0.15, 0.2) is 0 Å². The van der Waals surface area contributed by atoms with E-state index in [0.717, 1.165) is 19.0 Å². The first-order chi connectivity index (χ1) is 8.05. The number of rotatable bonds is 1. The zero-order chi connectivity index (χ0) is 12.0. The molecule has 2 heterocycles. The van der Waals surface area contributed by atoms with Gasteiger partial charge in [0, 0.05) is 36.8 Å². The molecule has 94 valence electrons. The monoisotopic (exact) mass is 233 g/mol. The average Bonchev–Trinajstić information content (AvgIpc) is 2.83. The number of fused-ring (bicyclic) bond motifs is 1. The molecule has 17 heavy (non-hydrogen) atoms. The van der Waals surface area contributed by atoms with Crippen LogP contribution in [0.3, 0.4) is 0 Å². The van der Waals surface area contributed by atoms with E-state index in [1.54, 1.807) is 0 Å². The lowest BCUT2D eigenvalue weighted by Gasteiger charge is -2.33. The summed E-state index contributed by atoms with van der Waals surface area (Å²) in [5.41, 5.74) is 4.58. The van der Waals surface area contributed by atoms with E-state index >= 15 is 0 Å². The van der Waals surface area contributed by atoms with Crippen molar-refractivity contribution in [3.8, 4) is 0 Å². The molecule has 1 aromatic rings. The Labute approximate surface area is 104 Å². The number of aryl methyl sites for hydroxylation is 1. The molecule has 0 radical (unpaired) electrons. The first-order valence-corrected chi connectivity index (χ1v) is 6.82. The Morgan fingerprint density at radius 1 is 1.41 bits per heavy atom. The van der Waals surface area contributed by atoms with Crippen LogP contribution in [0.15, 0.2) is 0 Å². The lowest BCUT2D eigenvalue weighted by molar-refractivity contribution is 0.169. The Morgan fingerprint density at radius 2 is 2.24 bits per heavy atom. The van der Waals surface area contributed by atoms with Gasteiger partial charge in [-0.15, -0.1) is 0 Å². The van der Waals surface area contributed by atoms with Gasteiger partial charge in [0.05, 0.1) is 5.69 Å². The number of nitrogens with zero attached hydrogens (tertiary/aromatic N) is 2. The minimum Gasteiger partial charge on any atom is -0.296 e. The number of hydrogen-bond acceptors (Lipinski definition) is 2. The van der Waals surface area contributed by atoms with E-state index in [1.807, 2.05) is 0 Å². The molecule has 1 unspecified atom stereocenters. The fourth-order valence-electron chi connectivity index (χ4n) is 3.47. The summed E-state index contributed by atoms with van der Waals surface area (Å²) in [4.78, 5) is 2.68. The molecule has 1 saturated carbocycles. The van der Waals surface area contributed by atoms with Gasteiger partial charge in [-0.3, -0.25) is 10.00 Å². The molecule has 1 aliphatic heterocycles. The van der Waals surface area contributed by atoms with Gasteiger partial charge in [-0.1, -0.05) is 13.8 Å². The van der Waals surface area contributed by atoms with Crippen molar-refractivity contribution in [3.63, 3.8) is 0 Å². The molecule has 0 bridgehead atoms.